The van der Waals surface area contributed by atoms with E-state index in [0.717, 1.165) is 18.4 Å². The third-order valence-electron chi connectivity index (χ3n) is 3.33. The predicted molar refractivity (Wildman–Crippen MR) is 88.6 cm³/mol. The van der Waals surface area contributed by atoms with Gasteiger partial charge in [0.05, 0.1) is 6.61 Å². The number of aliphatic hydroxyl groups is 1. The van der Waals surface area contributed by atoms with Gasteiger partial charge in [-0.3, -0.25) is 9.59 Å². The Morgan fingerprint density at radius 3 is 2.82 bits per heavy atom. The maximum absolute atomic E-state index is 12.0. The molecule has 120 valence electrons. The number of amides is 1. The fourth-order valence-corrected chi connectivity index (χ4v) is 1.95. The van der Waals surface area contributed by atoms with Gasteiger partial charge in [0.25, 0.3) is 5.91 Å². The zero-order valence-electron chi connectivity index (χ0n) is 13.3. The van der Waals surface area contributed by atoms with Gasteiger partial charge in [-0.1, -0.05) is 31.2 Å². The molecule has 4 heteroatoms. The average molecular weight is 303 g/mol. The fourth-order valence-electron chi connectivity index (χ4n) is 1.95. The Morgan fingerprint density at radius 1 is 1.36 bits per heavy atom. The smallest absolute Gasteiger partial charge is 0.251 e. The van der Waals surface area contributed by atoms with Crippen LogP contribution in [0.15, 0.2) is 30.3 Å². The van der Waals surface area contributed by atoms with Crippen molar-refractivity contribution in [3.63, 3.8) is 0 Å². The van der Waals surface area contributed by atoms with Gasteiger partial charge >= 0.3 is 0 Å². The van der Waals surface area contributed by atoms with Crippen molar-refractivity contribution in [1.82, 2.24) is 5.32 Å². The SMILES string of the molecule is CCC(=O)CCC/C=C\c1cccc(C(=O)NC(C)CO)c1. The molecule has 0 saturated carbocycles. The summed E-state index contributed by atoms with van der Waals surface area (Å²) in [5.74, 6) is 0.107. The van der Waals surface area contributed by atoms with Gasteiger partial charge < -0.3 is 10.4 Å². The predicted octanol–water partition coefficient (Wildman–Crippen LogP) is 2.96. The van der Waals surface area contributed by atoms with Crippen LogP contribution >= 0.6 is 0 Å². The quantitative estimate of drug-likeness (QED) is 0.689. The number of hydrogen-bond donors (Lipinski definition) is 2. The molecule has 0 bridgehead atoms. The van der Waals surface area contributed by atoms with Gasteiger partial charge in [-0.15, -0.1) is 0 Å². The van der Waals surface area contributed by atoms with Gasteiger partial charge in [0.2, 0.25) is 0 Å². The van der Waals surface area contributed by atoms with Crippen LogP contribution in [0.2, 0.25) is 0 Å². The summed E-state index contributed by atoms with van der Waals surface area (Å²) in [5.41, 5.74) is 1.52. The number of unbranched alkanes of at least 4 members (excludes halogenated alkanes) is 1. The first kappa shape index (κ1) is 18.1. The van der Waals surface area contributed by atoms with E-state index in [1.54, 1.807) is 13.0 Å². The summed E-state index contributed by atoms with van der Waals surface area (Å²) in [7, 11) is 0. The fraction of sp³-hybridized carbons (Fsp3) is 0.444. The van der Waals surface area contributed by atoms with Crippen LogP contribution in [0.3, 0.4) is 0 Å². The summed E-state index contributed by atoms with van der Waals surface area (Å²) >= 11 is 0. The minimum absolute atomic E-state index is 0.0815. The Labute approximate surface area is 132 Å². The molecule has 0 fully saturated rings. The number of allylic oxidation sites excluding steroid dienone is 1. The summed E-state index contributed by atoms with van der Waals surface area (Å²) in [5, 5.41) is 11.7. The number of carbonyl (C=O) groups is 2. The monoisotopic (exact) mass is 303 g/mol. The second-order valence-electron chi connectivity index (χ2n) is 5.37. The van der Waals surface area contributed by atoms with Crippen LogP contribution in [0.25, 0.3) is 6.08 Å². The third kappa shape index (κ3) is 6.68. The molecule has 0 aliphatic carbocycles. The molecule has 0 saturated heterocycles. The van der Waals surface area contributed by atoms with Gasteiger partial charge in [-0.05, 0) is 37.5 Å². The van der Waals surface area contributed by atoms with Crippen LogP contribution in [0, 0.1) is 0 Å². The Balaban J connectivity index is 2.53. The highest BCUT2D eigenvalue weighted by Gasteiger charge is 2.08. The number of ketones is 1. The van der Waals surface area contributed by atoms with E-state index in [2.05, 4.69) is 5.32 Å². The van der Waals surface area contributed by atoms with Crippen molar-refractivity contribution in [2.24, 2.45) is 0 Å². The van der Waals surface area contributed by atoms with Crippen LogP contribution in [-0.2, 0) is 4.79 Å². The van der Waals surface area contributed by atoms with Crippen molar-refractivity contribution in [2.45, 2.75) is 45.6 Å². The molecule has 1 rings (SSSR count). The average Bonchev–Trinajstić information content (AvgIpc) is 2.54. The summed E-state index contributed by atoms with van der Waals surface area (Å²) in [6.45, 7) is 3.55. The number of benzene rings is 1. The zero-order chi connectivity index (χ0) is 16.4. The molecule has 1 aromatic carbocycles. The topological polar surface area (TPSA) is 66.4 Å². The molecule has 4 nitrogen and oxygen atoms in total. The first-order valence-electron chi connectivity index (χ1n) is 7.76. The first-order chi connectivity index (χ1) is 10.6. The first-order valence-corrected chi connectivity index (χ1v) is 7.76. The summed E-state index contributed by atoms with van der Waals surface area (Å²) in [6, 6.07) is 7.06. The molecule has 1 unspecified atom stereocenters. The number of nitrogens with one attached hydrogen (secondary N) is 1. The molecule has 0 aliphatic rings. The lowest BCUT2D eigenvalue weighted by atomic mass is 10.1. The van der Waals surface area contributed by atoms with Gasteiger partial charge in [0.15, 0.2) is 0 Å². The molecule has 0 heterocycles. The van der Waals surface area contributed by atoms with Crippen molar-refractivity contribution in [1.29, 1.82) is 0 Å². The number of carbonyl (C=O) groups excluding carboxylic acids is 2. The largest absolute Gasteiger partial charge is 0.394 e. The van der Waals surface area contributed by atoms with E-state index < -0.39 is 0 Å². The minimum atomic E-state index is -0.261. The molecule has 0 radical (unpaired) electrons. The highest BCUT2D eigenvalue weighted by molar-refractivity contribution is 5.94. The van der Waals surface area contributed by atoms with Crippen molar-refractivity contribution in [3.05, 3.63) is 41.5 Å². The standard InChI is InChI=1S/C18H25NO3/c1-3-17(21)11-6-4-5-8-15-9-7-10-16(12-15)18(22)19-14(2)13-20/h5,7-10,12,14,20H,3-4,6,11,13H2,1-2H3,(H,19,22)/b8-5-. The summed E-state index contributed by atoms with van der Waals surface area (Å²) < 4.78 is 0. The molecule has 1 atom stereocenters. The van der Waals surface area contributed by atoms with Crippen LogP contribution in [0.4, 0.5) is 0 Å². The number of hydrogen-bond acceptors (Lipinski definition) is 3. The van der Waals surface area contributed by atoms with Crippen LogP contribution in [0.1, 0.15) is 55.5 Å². The van der Waals surface area contributed by atoms with Crippen LogP contribution < -0.4 is 5.32 Å². The second kappa shape index (κ2) is 9.90. The van der Waals surface area contributed by atoms with E-state index in [4.69, 9.17) is 5.11 Å². The molecule has 22 heavy (non-hydrogen) atoms. The lowest BCUT2D eigenvalue weighted by Crippen LogP contribution is -2.34. The molecule has 0 aliphatic heterocycles. The van der Waals surface area contributed by atoms with E-state index in [1.807, 2.05) is 37.3 Å². The molecule has 1 amide bonds. The van der Waals surface area contributed by atoms with Gasteiger partial charge in [-0.2, -0.15) is 0 Å². The number of Topliss-reactive ketones (excluding diaryl/α,β-unsaturated/α-hetero) is 1. The van der Waals surface area contributed by atoms with Crippen LogP contribution in [0.5, 0.6) is 0 Å². The van der Waals surface area contributed by atoms with Gasteiger partial charge in [0, 0.05) is 24.4 Å². The summed E-state index contributed by atoms with van der Waals surface area (Å²) in [6.07, 6.45) is 6.93. The van der Waals surface area contributed by atoms with E-state index in [1.165, 1.54) is 0 Å². The molecule has 2 N–H and O–H groups in total. The van der Waals surface area contributed by atoms with E-state index in [-0.39, 0.29) is 18.6 Å². The zero-order valence-corrected chi connectivity index (χ0v) is 13.3. The Kier molecular flexibility index (Phi) is 8.15. The number of rotatable bonds is 9. The van der Waals surface area contributed by atoms with Gasteiger partial charge in [0.1, 0.15) is 5.78 Å². The molecular weight excluding hydrogens is 278 g/mol. The Hall–Kier alpha value is -1.94. The Bertz CT molecular complexity index is 523. The lowest BCUT2D eigenvalue weighted by Gasteiger charge is -2.10. The van der Waals surface area contributed by atoms with Crippen molar-refractivity contribution < 1.29 is 14.7 Å². The number of aliphatic hydroxyl groups excluding tert-OH is 1. The van der Waals surface area contributed by atoms with Crippen molar-refractivity contribution in [3.8, 4) is 0 Å². The highest BCUT2D eigenvalue weighted by Crippen LogP contribution is 2.09. The lowest BCUT2D eigenvalue weighted by molar-refractivity contribution is -0.118. The summed E-state index contributed by atoms with van der Waals surface area (Å²) in [4.78, 5) is 23.2. The van der Waals surface area contributed by atoms with E-state index in [9.17, 15) is 9.59 Å². The normalized spacial score (nSPS) is 12.3. The van der Waals surface area contributed by atoms with E-state index in [0.29, 0.717) is 24.2 Å². The molecule has 0 aromatic heterocycles. The van der Waals surface area contributed by atoms with Crippen LogP contribution in [-0.4, -0.2) is 29.4 Å². The molecule has 0 spiro atoms. The van der Waals surface area contributed by atoms with Crippen molar-refractivity contribution >= 4 is 17.8 Å². The van der Waals surface area contributed by atoms with Crippen molar-refractivity contribution in [2.75, 3.05) is 6.61 Å². The maximum Gasteiger partial charge on any atom is 0.251 e. The third-order valence-corrected chi connectivity index (χ3v) is 3.33. The van der Waals surface area contributed by atoms with Gasteiger partial charge in [-0.25, -0.2) is 0 Å². The Morgan fingerprint density at radius 2 is 2.14 bits per heavy atom. The highest BCUT2D eigenvalue weighted by atomic mass is 16.3. The van der Waals surface area contributed by atoms with E-state index >= 15 is 0 Å². The maximum atomic E-state index is 12.0. The molecular formula is C18H25NO3. The second-order valence-corrected chi connectivity index (χ2v) is 5.37. The minimum Gasteiger partial charge on any atom is -0.394 e. The molecule has 1 aromatic rings.